The summed E-state index contributed by atoms with van der Waals surface area (Å²) in [4.78, 5) is 17.5. The molecule has 0 aliphatic rings. The van der Waals surface area contributed by atoms with Crippen molar-refractivity contribution in [1.82, 2.24) is 9.55 Å². The highest BCUT2D eigenvalue weighted by atomic mass is 32.1. The Balaban J connectivity index is 1.71. The molecule has 0 radical (unpaired) electrons. The predicted molar refractivity (Wildman–Crippen MR) is 133 cm³/mol. The van der Waals surface area contributed by atoms with Gasteiger partial charge in [0.25, 0.3) is 0 Å². The van der Waals surface area contributed by atoms with Gasteiger partial charge in [0.1, 0.15) is 0 Å². The molecule has 6 aromatic rings. The van der Waals surface area contributed by atoms with Gasteiger partial charge in [0.2, 0.25) is 0 Å². The lowest BCUT2D eigenvalue weighted by molar-refractivity contribution is 0.104. The fourth-order valence-electron chi connectivity index (χ4n) is 4.59. The van der Waals surface area contributed by atoms with E-state index in [2.05, 4.69) is 71.2 Å². The Hall–Kier alpha value is -3.76. The summed E-state index contributed by atoms with van der Waals surface area (Å²) in [6.45, 7) is 4.26. The zero-order chi connectivity index (χ0) is 21.8. The molecule has 0 saturated carbocycles. The summed E-state index contributed by atoms with van der Waals surface area (Å²) in [7, 11) is 0. The van der Waals surface area contributed by atoms with Gasteiger partial charge >= 0.3 is 0 Å². The summed E-state index contributed by atoms with van der Waals surface area (Å²) in [5.41, 5.74) is 7.21. The van der Waals surface area contributed by atoms with Gasteiger partial charge in [-0.1, -0.05) is 35.4 Å². The predicted octanol–water partition coefficient (Wildman–Crippen LogP) is 7.24. The number of ketones is 1. The highest BCUT2D eigenvalue weighted by molar-refractivity contribution is 7.17. The van der Waals surface area contributed by atoms with Crippen LogP contribution in [0.3, 0.4) is 0 Å². The van der Waals surface area contributed by atoms with E-state index in [1.807, 2.05) is 12.1 Å². The molecule has 0 amide bonds. The number of carbonyl (C=O) groups excluding carboxylic acids is 1. The van der Waals surface area contributed by atoms with Crippen molar-refractivity contribution in [3.8, 4) is 5.69 Å². The molecule has 6 rings (SSSR count). The summed E-state index contributed by atoms with van der Waals surface area (Å²) in [5, 5.41) is 5.65. The van der Waals surface area contributed by atoms with Gasteiger partial charge in [0.15, 0.2) is 5.78 Å². The Morgan fingerprint density at radius 2 is 1.50 bits per heavy atom. The minimum atomic E-state index is 0.0186. The molecule has 0 saturated heterocycles. The van der Waals surface area contributed by atoms with E-state index >= 15 is 0 Å². The van der Waals surface area contributed by atoms with Gasteiger partial charge in [-0.2, -0.15) is 0 Å². The molecule has 0 unspecified atom stereocenters. The number of aromatic nitrogens is 2. The second-order valence-corrected chi connectivity index (χ2v) is 9.15. The van der Waals surface area contributed by atoms with Gasteiger partial charge in [0.05, 0.1) is 16.7 Å². The van der Waals surface area contributed by atoms with Gasteiger partial charge in [-0.05, 0) is 56.3 Å². The van der Waals surface area contributed by atoms with Crippen LogP contribution in [0.2, 0.25) is 0 Å². The molecule has 0 aliphatic heterocycles. The van der Waals surface area contributed by atoms with E-state index in [0.29, 0.717) is 5.56 Å². The molecule has 3 nitrogen and oxygen atoms in total. The molecular formula is C28H20N2OS. The first-order valence-corrected chi connectivity index (χ1v) is 11.5. The van der Waals surface area contributed by atoms with Crippen LogP contribution in [0.5, 0.6) is 0 Å². The quantitative estimate of drug-likeness (QED) is 0.276. The van der Waals surface area contributed by atoms with Crippen LogP contribution in [0.25, 0.3) is 37.6 Å². The van der Waals surface area contributed by atoms with Crippen LogP contribution in [0.15, 0.2) is 84.5 Å². The van der Waals surface area contributed by atoms with E-state index in [1.165, 1.54) is 21.9 Å². The van der Waals surface area contributed by atoms with Crippen molar-refractivity contribution in [2.75, 3.05) is 0 Å². The van der Waals surface area contributed by atoms with E-state index in [9.17, 15) is 4.79 Å². The van der Waals surface area contributed by atoms with Crippen LogP contribution in [-0.2, 0) is 0 Å². The first-order chi connectivity index (χ1) is 15.6. The highest BCUT2D eigenvalue weighted by Crippen LogP contribution is 2.39. The van der Waals surface area contributed by atoms with E-state index in [1.54, 1.807) is 35.9 Å². The molecule has 0 fully saturated rings. The van der Waals surface area contributed by atoms with Crippen molar-refractivity contribution < 1.29 is 4.79 Å². The molecule has 0 N–H and O–H groups in total. The van der Waals surface area contributed by atoms with Gasteiger partial charge in [-0.15, -0.1) is 11.3 Å². The van der Waals surface area contributed by atoms with Gasteiger partial charge in [-0.25, -0.2) is 0 Å². The van der Waals surface area contributed by atoms with Crippen LogP contribution in [0.1, 0.15) is 27.0 Å². The molecule has 154 valence electrons. The molecule has 32 heavy (non-hydrogen) atoms. The zero-order valence-electron chi connectivity index (χ0n) is 17.8. The summed E-state index contributed by atoms with van der Waals surface area (Å²) >= 11 is 1.68. The van der Waals surface area contributed by atoms with E-state index in [0.717, 1.165) is 32.4 Å². The summed E-state index contributed by atoms with van der Waals surface area (Å²) in [5.74, 6) is 0.0186. The first kappa shape index (κ1) is 19.0. The van der Waals surface area contributed by atoms with Crippen molar-refractivity contribution in [3.05, 3.63) is 107 Å². The zero-order valence-corrected chi connectivity index (χ0v) is 18.6. The molecule has 0 bridgehead atoms. The fourth-order valence-corrected chi connectivity index (χ4v) is 5.55. The Labute approximate surface area is 189 Å². The van der Waals surface area contributed by atoms with Crippen LogP contribution < -0.4 is 0 Å². The van der Waals surface area contributed by atoms with Gasteiger partial charge < -0.3 is 4.57 Å². The normalized spacial score (nSPS) is 11.6. The SMILES string of the molecule is Cc1ccc2c(c1)c1cc(C)ccc1n2-c1csc2cccc(C(=O)c3ccncc3)c12. The number of hydrogen-bond acceptors (Lipinski definition) is 3. The molecule has 3 aromatic heterocycles. The maximum atomic E-state index is 13.5. The Bertz CT molecular complexity index is 1600. The second kappa shape index (κ2) is 7.14. The monoisotopic (exact) mass is 432 g/mol. The van der Waals surface area contributed by atoms with Crippen molar-refractivity contribution >= 4 is 49.0 Å². The number of pyridine rings is 1. The number of hydrogen-bond donors (Lipinski definition) is 0. The second-order valence-electron chi connectivity index (χ2n) is 8.24. The lowest BCUT2D eigenvalue weighted by Gasteiger charge is -2.10. The smallest absolute Gasteiger partial charge is 0.193 e. The van der Waals surface area contributed by atoms with Crippen molar-refractivity contribution in [3.63, 3.8) is 0 Å². The maximum Gasteiger partial charge on any atom is 0.193 e. The molecule has 3 heterocycles. The third-order valence-electron chi connectivity index (χ3n) is 6.08. The number of aryl methyl sites for hydroxylation is 2. The van der Waals surface area contributed by atoms with Gasteiger partial charge in [-0.3, -0.25) is 9.78 Å². The third-order valence-corrected chi connectivity index (χ3v) is 7.02. The van der Waals surface area contributed by atoms with Gasteiger partial charge in [0, 0.05) is 49.8 Å². The van der Waals surface area contributed by atoms with Crippen LogP contribution in [0.4, 0.5) is 0 Å². The van der Waals surface area contributed by atoms with Crippen LogP contribution in [0, 0.1) is 13.8 Å². The van der Waals surface area contributed by atoms with Crippen molar-refractivity contribution in [2.45, 2.75) is 13.8 Å². The van der Waals surface area contributed by atoms with Crippen molar-refractivity contribution in [1.29, 1.82) is 0 Å². The Morgan fingerprint density at radius 3 is 2.16 bits per heavy atom. The molecule has 0 aliphatic carbocycles. The fraction of sp³-hybridized carbons (Fsp3) is 0.0714. The maximum absolute atomic E-state index is 13.5. The molecule has 4 heteroatoms. The van der Waals surface area contributed by atoms with E-state index in [4.69, 9.17) is 0 Å². The van der Waals surface area contributed by atoms with Crippen LogP contribution in [-0.4, -0.2) is 15.3 Å². The summed E-state index contributed by atoms with van der Waals surface area (Å²) in [6, 6.07) is 22.8. The number of rotatable bonds is 3. The number of thiophene rings is 1. The van der Waals surface area contributed by atoms with E-state index < -0.39 is 0 Å². The lowest BCUT2D eigenvalue weighted by atomic mass is 10.0. The Kier molecular flexibility index (Phi) is 4.23. The first-order valence-electron chi connectivity index (χ1n) is 10.6. The summed E-state index contributed by atoms with van der Waals surface area (Å²) in [6.07, 6.45) is 3.33. The number of carbonyl (C=O) groups is 1. The molecule has 0 atom stereocenters. The average molecular weight is 433 g/mol. The minimum Gasteiger partial charge on any atom is -0.308 e. The number of benzene rings is 3. The third kappa shape index (κ3) is 2.80. The topological polar surface area (TPSA) is 34.9 Å². The minimum absolute atomic E-state index is 0.0186. The number of fused-ring (bicyclic) bond motifs is 4. The Morgan fingerprint density at radius 1 is 0.844 bits per heavy atom. The lowest BCUT2D eigenvalue weighted by Crippen LogP contribution is -2.03. The molecular weight excluding hydrogens is 412 g/mol. The highest BCUT2D eigenvalue weighted by Gasteiger charge is 2.20. The average Bonchev–Trinajstić information content (AvgIpc) is 3.37. The van der Waals surface area contributed by atoms with E-state index in [-0.39, 0.29) is 5.78 Å². The standard InChI is InChI=1S/C28H20N2OS/c1-17-6-8-23-21(14-17)22-15-18(2)7-9-24(22)30(23)25-16-32-26-5-3-4-20(27(25)26)28(31)19-10-12-29-13-11-19/h3-16H,1-2H3. The number of nitrogens with zero attached hydrogens (tertiary/aromatic N) is 2. The van der Waals surface area contributed by atoms with Crippen molar-refractivity contribution in [2.24, 2.45) is 0 Å². The molecule has 3 aromatic carbocycles. The summed E-state index contributed by atoms with van der Waals surface area (Å²) < 4.78 is 3.42. The largest absolute Gasteiger partial charge is 0.308 e. The van der Waals surface area contributed by atoms with Crippen LogP contribution >= 0.6 is 11.3 Å². The molecule has 0 spiro atoms.